The minimum absolute atomic E-state index is 0.0318. The lowest BCUT2D eigenvalue weighted by molar-refractivity contribution is -0.384. The zero-order chi connectivity index (χ0) is 14.2. The number of alkyl halides is 1. The van der Waals surface area contributed by atoms with Crippen molar-refractivity contribution in [3.8, 4) is 0 Å². The van der Waals surface area contributed by atoms with Gasteiger partial charge < -0.3 is 4.90 Å². The van der Waals surface area contributed by atoms with Crippen molar-refractivity contribution in [1.82, 2.24) is 0 Å². The second-order valence-electron chi connectivity index (χ2n) is 4.24. The Morgan fingerprint density at radius 3 is 2.68 bits per heavy atom. The summed E-state index contributed by atoms with van der Waals surface area (Å²) in [5, 5.41) is 11.1. The average Bonchev–Trinajstić information content (AvgIpc) is 2.69. The number of anilines is 1. The summed E-state index contributed by atoms with van der Waals surface area (Å²) in [7, 11) is 0. The first kappa shape index (κ1) is 14.7. The Labute approximate surface area is 131 Å². The molecule has 2 rings (SSSR count). The van der Waals surface area contributed by atoms with Crippen LogP contribution in [-0.2, 0) is 4.79 Å². The summed E-state index contributed by atoms with van der Waals surface area (Å²) >= 11 is 12.3. The Morgan fingerprint density at radius 1 is 1.47 bits per heavy atom. The van der Waals surface area contributed by atoms with Gasteiger partial charge in [0.05, 0.1) is 4.92 Å². The van der Waals surface area contributed by atoms with Crippen molar-refractivity contribution < 1.29 is 9.72 Å². The first-order chi connectivity index (χ1) is 8.93. The number of hydrogen-bond acceptors (Lipinski definition) is 3. The fraction of sp³-hybridized carbons (Fsp3) is 0.364. The number of carbonyl (C=O) groups excluding carboxylic acids is 1. The maximum atomic E-state index is 12.0. The van der Waals surface area contributed by atoms with Crippen molar-refractivity contribution in [2.24, 2.45) is 5.92 Å². The van der Waals surface area contributed by atoms with Crippen molar-refractivity contribution in [2.75, 3.05) is 17.3 Å². The van der Waals surface area contributed by atoms with Gasteiger partial charge in [-0.3, -0.25) is 14.9 Å². The molecule has 1 fully saturated rings. The van der Waals surface area contributed by atoms with Crippen molar-refractivity contribution >= 4 is 60.7 Å². The molecule has 0 spiro atoms. The second kappa shape index (κ2) is 5.76. The third-order valence-corrected chi connectivity index (χ3v) is 4.40. The summed E-state index contributed by atoms with van der Waals surface area (Å²) in [6.45, 7) is 0.406. The lowest BCUT2D eigenvalue weighted by atomic mass is 10.1. The Bertz CT molecular complexity index is 553. The number of rotatable bonds is 3. The SMILES string of the molecule is O=C1CC(CCl)CN1c1c(Br)cc(Br)cc1[N+](=O)[O-]. The van der Waals surface area contributed by atoms with E-state index in [1.807, 2.05) is 0 Å². The summed E-state index contributed by atoms with van der Waals surface area (Å²) < 4.78 is 1.09. The Balaban J connectivity index is 2.50. The predicted octanol–water partition coefficient (Wildman–Crippen LogP) is 3.71. The van der Waals surface area contributed by atoms with Crippen LogP contribution in [0.5, 0.6) is 0 Å². The van der Waals surface area contributed by atoms with Crippen molar-refractivity contribution in [3.05, 3.63) is 31.2 Å². The quantitative estimate of drug-likeness (QED) is 0.432. The van der Waals surface area contributed by atoms with Crippen LogP contribution in [0.1, 0.15) is 6.42 Å². The van der Waals surface area contributed by atoms with Crippen LogP contribution < -0.4 is 4.90 Å². The van der Waals surface area contributed by atoms with E-state index in [1.54, 1.807) is 6.07 Å². The molecule has 1 atom stereocenters. The lowest BCUT2D eigenvalue weighted by Crippen LogP contribution is -2.26. The highest BCUT2D eigenvalue weighted by molar-refractivity contribution is 9.11. The molecule has 102 valence electrons. The number of nitrogens with zero attached hydrogens (tertiary/aromatic N) is 2. The topological polar surface area (TPSA) is 63.5 Å². The van der Waals surface area contributed by atoms with Crippen molar-refractivity contribution in [2.45, 2.75) is 6.42 Å². The molecule has 0 N–H and O–H groups in total. The van der Waals surface area contributed by atoms with Crippen molar-refractivity contribution in [3.63, 3.8) is 0 Å². The minimum Gasteiger partial charge on any atom is -0.305 e. The van der Waals surface area contributed by atoms with Gasteiger partial charge >= 0.3 is 0 Å². The number of hydrogen-bond donors (Lipinski definition) is 0. The lowest BCUT2D eigenvalue weighted by Gasteiger charge is -2.18. The number of halogens is 3. The molecule has 1 aliphatic rings. The van der Waals surface area contributed by atoms with Crippen LogP contribution in [0.4, 0.5) is 11.4 Å². The van der Waals surface area contributed by atoms with Gasteiger partial charge in [0, 0.05) is 33.9 Å². The molecule has 5 nitrogen and oxygen atoms in total. The molecule has 1 aromatic carbocycles. The van der Waals surface area contributed by atoms with Crippen LogP contribution in [0.25, 0.3) is 0 Å². The van der Waals surface area contributed by atoms with E-state index in [0.717, 1.165) is 0 Å². The molecular formula is C11H9Br2ClN2O3. The molecule has 8 heteroatoms. The largest absolute Gasteiger partial charge is 0.305 e. The molecule has 1 amide bonds. The summed E-state index contributed by atoms with van der Waals surface area (Å²) in [5.74, 6) is 0.255. The zero-order valence-electron chi connectivity index (χ0n) is 9.61. The smallest absolute Gasteiger partial charge is 0.295 e. The summed E-state index contributed by atoms with van der Waals surface area (Å²) in [4.78, 5) is 24.0. The van der Waals surface area contributed by atoms with Gasteiger partial charge in [0.25, 0.3) is 5.69 Å². The summed E-state index contributed by atoms with van der Waals surface area (Å²) in [6, 6.07) is 3.07. The van der Waals surface area contributed by atoms with Crippen molar-refractivity contribution in [1.29, 1.82) is 0 Å². The Kier molecular flexibility index (Phi) is 4.47. The fourth-order valence-electron chi connectivity index (χ4n) is 2.06. The first-order valence-corrected chi connectivity index (χ1v) is 7.56. The van der Waals surface area contributed by atoms with Gasteiger partial charge in [0.2, 0.25) is 5.91 Å². The Morgan fingerprint density at radius 2 is 2.16 bits per heavy atom. The van der Waals surface area contributed by atoms with Gasteiger partial charge in [-0.15, -0.1) is 11.6 Å². The first-order valence-electron chi connectivity index (χ1n) is 5.43. The molecule has 1 aliphatic heterocycles. The molecule has 1 aromatic rings. The minimum atomic E-state index is -0.494. The van der Waals surface area contributed by atoms with Crippen LogP contribution in [0, 0.1) is 16.0 Å². The number of carbonyl (C=O) groups is 1. The molecule has 0 aromatic heterocycles. The second-order valence-corrected chi connectivity index (χ2v) is 6.32. The highest BCUT2D eigenvalue weighted by atomic mass is 79.9. The number of benzene rings is 1. The molecule has 0 aliphatic carbocycles. The Hall–Kier alpha value is -0.660. The van der Waals surface area contributed by atoms with Gasteiger partial charge in [0.1, 0.15) is 5.69 Å². The maximum Gasteiger partial charge on any atom is 0.295 e. The van der Waals surface area contributed by atoms with Crippen LogP contribution >= 0.6 is 43.5 Å². The van der Waals surface area contributed by atoms with E-state index in [2.05, 4.69) is 31.9 Å². The monoisotopic (exact) mass is 410 g/mol. The van der Waals surface area contributed by atoms with Crippen LogP contribution in [0.15, 0.2) is 21.1 Å². The van der Waals surface area contributed by atoms with E-state index in [4.69, 9.17) is 11.6 Å². The van der Waals surface area contributed by atoms with Gasteiger partial charge in [-0.25, -0.2) is 0 Å². The molecule has 19 heavy (non-hydrogen) atoms. The third-order valence-electron chi connectivity index (χ3n) is 2.90. The maximum absolute atomic E-state index is 12.0. The van der Waals surface area contributed by atoms with Crippen LogP contribution in [0.3, 0.4) is 0 Å². The van der Waals surface area contributed by atoms with Crippen LogP contribution in [-0.4, -0.2) is 23.3 Å². The molecule has 1 unspecified atom stereocenters. The van der Waals surface area contributed by atoms with E-state index in [0.29, 0.717) is 33.5 Å². The van der Waals surface area contributed by atoms with Crippen LogP contribution in [0.2, 0.25) is 0 Å². The summed E-state index contributed by atoms with van der Waals surface area (Å²) in [6.07, 6.45) is 0.323. The number of amides is 1. The highest BCUT2D eigenvalue weighted by Crippen LogP contribution is 2.41. The van der Waals surface area contributed by atoms with E-state index >= 15 is 0 Å². The average molecular weight is 412 g/mol. The number of nitro groups is 1. The van der Waals surface area contributed by atoms with E-state index in [-0.39, 0.29) is 17.5 Å². The standard InChI is InChI=1S/C11H9Br2ClN2O3/c12-7-2-8(13)11(9(3-7)16(18)19)15-5-6(4-14)1-10(15)17/h2-3,6H,1,4-5H2. The molecule has 0 saturated carbocycles. The molecule has 0 bridgehead atoms. The molecule has 1 saturated heterocycles. The van der Waals surface area contributed by atoms with E-state index < -0.39 is 4.92 Å². The van der Waals surface area contributed by atoms with E-state index in [1.165, 1.54) is 11.0 Å². The van der Waals surface area contributed by atoms with Gasteiger partial charge in [-0.05, 0) is 27.9 Å². The molecule has 0 radical (unpaired) electrons. The zero-order valence-corrected chi connectivity index (χ0v) is 13.5. The summed E-state index contributed by atoms with van der Waals surface area (Å²) in [5.41, 5.74) is 0.190. The van der Waals surface area contributed by atoms with Gasteiger partial charge in [-0.2, -0.15) is 0 Å². The van der Waals surface area contributed by atoms with Gasteiger partial charge in [0.15, 0.2) is 0 Å². The van der Waals surface area contributed by atoms with E-state index in [9.17, 15) is 14.9 Å². The number of nitro benzene ring substituents is 1. The molecule has 1 heterocycles. The predicted molar refractivity (Wildman–Crippen MR) is 79.7 cm³/mol. The highest BCUT2D eigenvalue weighted by Gasteiger charge is 2.35. The van der Waals surface area contributed by atoms with Gasteiger partial charge in [-0.1, -0.05) is 15.9 Å². The molecular weight excluding hydrogens is 403 g/mol. The normalized spacial score (nSPS) is 19.0. The fourth-order valence-corrected chi connectivity index (χ4v) is 3.68. The third kappa shape index (κ3) is 2.93.